The minimum absolute atomic E-state index is 0.189. The zero-order valence-electron chi connectivity index (χ0n) is 11.5. The SMILES string of the molecule is CCC(O)(CC)CN1CCC(C(=O)O)C(C(=O)O)C1. The molecule has 0 aliphatic carbocycles. The lowest BCUT2D eigenvalue weighted by Gasteiger charge is -2.39. The van der Waals surface area contributed by atoms with Gasteiger partial charge in [0.25, 0.3) is 0 Å². The van der Waals surface area contributed by atoms with Crippen LogP contribution in [0.2, 0.25) is 0 Å². The van der Waals surface area contributed by atoms with E-state index in [1.54, 1.807) is 0 Å². The Morgan fingerprint density at radius 3 is 2.11 bits per heavy atom. The van der Waals surface area contributed by atoms with Crippen molar-refractivity contribution in [2.45, 2.75) is 38.7 Å². The van der Waals surface area contributed by atoms with Crippen LogP contribution < -0.4 is 0 Å². The van der Waals surface area contributed by atoms with E-state index in [2.05, 4.69) is 0 Å². The zero-order chi connectivity index (χ0) is 14.6. The maximum absolute atomic E-state index is 11.2. The Kier molecular flexibility index (Phi) is 5.31. The van der Waals surface area contributed by atoms with Gasteiger partial charge in [-0.3, -0.25) is 14.5 Å². The summed E-state index contributed by atoms with van der Waals surface area (Å²) in [5, 5.41) is 28.4. The van der Waals surface area contributed by atoms with Crippen LogP contribution in [-0.4, -0.2) is 57.4 Å². The smallest absolute Gasteiger partial charge is 0.308 e. The Hall–Kier alpha value is -1.14. The number of rotatable bonds is 6. The Labute approximate surface area is 113 Å². The summed E-state index contributed by atoms with van der Waals surface area (Å²) in [6.07, 6.45) is 1.51. The van der Waals surface area contributed by atoms with Crippen molar-refractivity contribution in [3.8, 4) is 0 Å². The van der Waals surface area contributed by atoms with E-state index in [0.29, 0.717) is 32.4 Å². The number of carboxylic acids is 2. The maximum Gasteiger partial charge on any atom is 0.308 e. The molecular weight excluding hydrogens is 250 g/mol. The van der Waals surface area contributed by atoms with Gasteiger partial charge in [-0.2, -0.15) is 0 Å². The first-order valence-corrected chi connectivity index (χ1v) is 6.73. The third kappa shape index (κ3) is 3.91. The lowest BCUT2D eigenvalue weighted by atomic mass is 9.84. The summed E-state index contributed by atoms with van der Waals surface area (Å²) >= 11 is 0. The molecular formula is C13H23NO5. The number of carboxylic acid groups (broad SMARTS) is 2. The van der Waals surface area contributed by atoms with Gasteiger partial charge in [0.15, 0.2) is 0 Å². The normalized spacial score (nSPS) is 25.2. The fourth-order valence-corrected chi connectivity index (χ4v) is 2.60. The second-order valence-electron chi connectivity index (χ2n) is 5.34. The molecule has 0 radical (unpaired) electrons. The molecule has 1 aliphatic rings. The van der Waals surface area contributed by atoms with Gasteiger partial charge in [0.2, 0.25) is 0 Å². The number of hydrogen-bond acceptors (Lipinski definition) is 4. The second-order valence-corrected chi connectivity index (χ2v) is 5.34. The summed E-state index contributed by atoms with van der Waals surface area (Å²) < 4.78 is 0. The summed E-state index contributed by atoms with van der Waals surface area (Å²) in [5.41, 5.74) is -0.820. The molecule has 0 aromatic rings. The monoisotopic (exact) mass is 273 g/mol. The number of hydrogen-bond donors (Lipinski definition) is 3. The Morgan fingerprint density at radius 1 is 1.16 bits per heavy atom. The number of aliphatic hydroxyl groups is 1. The lowest BCUT2D eigenvalue weighted by Crippen LogP contribution is -2.51. The molecule has 1 heterocycles. The van der Waals surface area contributed by atoms with Crippen LogP contribution in [0.4, 0.5) is 0 Å². The van der Waals surface area contributed by atoms with Crippen LogP contribution in [0.25, 0.3) is 0 Å². The number of piperidine rings is 1. The van der Waals surface area contributed by atoms with Crippen LogP contribution in [0, 0.1) is 11.8 Å². The Bertz CT molecular complexity index is 340. The van der Waals surface area contributed by atoms with Crippen molar-refractivity contribution in [2.75, 3.05) is 19.6 Å². The van der Waals surface area contributed by atoms with Crippen LogP contribution in [0.3, 0.4) is 0 Å². The van der Waals surface area contributed by atoms with Gasteiger partial charge in [0.1, 0.15) is 0 Å². The van der Waals surface area contributed by atoms with Gasteiger partial charge in [0.05, 0.1) is 17.4 Å². The number of β-amino-alcohol motifs (C(OH)–C–C–N with tert-alkyl or cyclic N) is 1. The van der Waals surface area contributed by atoms with Gasteiger partial charge in [-0.15, -0.1) is 0 Å². The van der Waals surface area contributed by atoms with Gasteiger partial charge < -0.3 is 15.3 Å². The lowest BCUT2D eigenvalue weighted by molar-refractivity contribution is -0.158. The molecule has 2 atom stereocenters. The minimum Gasteiger partial charge on any atom is -0.481 e. The van der Waals surface area contributed by atoms with Crippen LogP contribution in [0.15, 0.2) is 0 Å². The summed E-state index contributed by atoms with van der Waals surface area (Å²) in [4.78, 5) is 24.1. The molecule has 0 saturated carbocycles. The molecule has 3 N–H and O–H groups in total. The molecule has 0 bridgehead atoms. The van der Waals surface area contributed by atoms with Gasteiger partial charge in [-0.1, -0.05) is 13.8 Å². The summed E-state index contributed by atoms with van der Waals surface area (Å²) in [6, 6.07) is 0. The van der Waals surface area contributed by atoms with Crippen LogP contribution in [0.5, 0.6) is 0 Å². The van der Waals surface area contributed by atoms with Crippen molar-refractivity contribution in [2.24, 2.45) is 11.8 Å². The highest BCUT2D eigenvalue weighted by atomic mass is 16.4. The van der Waals surface area contributed by atoms with E-state index in [1.165, 1.54) is 0 Å². The first kappa shape index (κ1) is 15.9. The fraction of sp³-hybridized carbons (Fsp3) is 0.846. The molecule has 1 aliphatic heterocycles. The van der Waals surface area contributed by atoms with E-state index in [-0.39, 0.29) is 6.54 Å². The minimum atomic E-state index is -1.08. The predicted octanol–water partition coefficient (Wildman–Crippen LogP) is 0.645. The predicted molar refractivity (Wildman–Crippen MR) is 68.8 cm³/mol. The summed E-state index contributed by atoms with van der Waals surface area (Å²) in [7, 11) is 0. The van der Waals surface area contributed by atoms with Crippen LogP contribution in [-0.2, 0) is 9.59 Å². The van der Waals surface area contributed by atoms with E-state index >= 15 is 0 Å². The number of nitrogens with zero attached hydrogens (tertiary/aromatic N) is 1. The molecule has 0 aromatic carbocycles. The molecule has 1 saturated heterocycles. The van der Waals surface area contributed by atoms with Gasteiger partial charge in [0, 0.05) is 13.1 Å². The van der Waals surface area contributed by atoms with Crippen molar-refractivity contribution in [3.05, 3.63) is 0 Å². The summed E-state index contributed by atoms with van der Waals surface area (Å²) in [6.45, 7) is 4.89. The molecule has 19 heavy (non-hydrogen) atoms. The molecule has 2 unspecified atom stereocenters. The first-order valence-electron chi connectivity index (χ1n) is 6.73. The van der Waals surface area contributed by atoms with Crippen LogP contribution in [0.1, 0.15) is 33.1 Å². The largest absolute Gasteiger partial charge is 0.481 e. The van der Waals surface area contributed by atoms with E-state index in [0.717, 1.165) is 0 Å². The molecule has 6 heteroatoms. The maximum atomic E-state index is 11.2. The topological polar surface area (TPSA) is 98.1 Å². The number of aliphatic carboxylic acids is 2. The van der Waals surface area contributed by atoms with Crippen molar-refractivity contribution in [3.63, 3.8) is 0 Å². The van der Waals surface area contributed by atoms with E-state index in [1.807, 2.05) is 18.7 Å². The van der Waals surface area contributed by atoms with E-state index < -0.39 is 29.4 Å². The highest BCUT2D eigenvalue weighted by Gasteiger charge is 2.40. The first-order chi connectivity index (χ1) is 8.83. The van der Waals surface area contributed by atoms with Gasteiger partial charge >= 0.3 is 11.9 Å². The highest BCUT2D eigenvalue weighted by Crippen LogP contribution is 2.27. The average molecular weight is 273 g/mol. The van der Waals surface area contributed by atoms with Gasteiger partial charge in [-0.05, 0) is 25.8 Å². The Morgan fingerprint density at radius 2 is 1.68 bits per heavy atom. The standard InChI is InChI=1S/C13H23NO5/c1-3-13(19,4-2)8-14-6-5-9(11(15)16)10(7-14)12(17)18/h9-10,19H,3-8H2,1-2H3,(H,15,16)(H,17,18). The van der Waals surface area contributed by atoms with Crippen molar-refractivity contribution < 1.29 is 24.9 Å². The third-order valence-corrected chi connectivity index (χ3v) is 4.17. The molecule has 0 aromatic heterocycles. The average Bonchev–Trinajstić information content (AvgIpc) is 2.38. The Balaban J connectivity index is 2.72. The third-order valence-electron chi connectivity index (χ3n) is 4.17. The zero-order valence-corrected chi connectivity index (χ0v) is 11.5. The van der Waals surface area contributed by atoms with E-state index in [4.69, 9.17) is 10.2 Å². The quantitative estimate of drug-likeness (QED) is 0.657. The molecule has 1 fully saturated rings. The van der Waals surface area contributed by atoms with Crippen LogP contribution >= 0.6 is 0 Å². The second kappa shape index (κ2) is 6.34. The molecule has 110 valence electrons. The van der Waals surface area contributed by atoms with E-state index in [9.17, 15) is 14.7 Å². The molecule has 6 nitrogen and oxygen atoms in total. The van der Waals surface area contributed by atoms with Crippen molar-refractivity contribution in [1.82, 2.24) is 4.90 Å². The fourth-order valence-electron chi connectivity index (χ4n) is 2.60. The number of carbonyl (C=O) groups is 2. The number of likely N-dealkylation sites (tertiary alicyclic amines) is 1. The molecule has 1 rings (SSSR count). The molecule has 0 amide bonds. The van der Waals surface area contributed by atoms with Crippen molar-refractivity contribution >= 4 is 11.9 Å². The van der Waals surface area contributed by atoms with Gasteiger partial charge in [-0.25, -0.2) is 0 Å². The summed E-state index contributed by atoms with van der Waals surface area (Å²) in [5.74, 6) is -3.85. The van der Waals surface area contributed by atoms with Crippen molar-refractivity contribution in [1.29, 1.82) is 0 Å². The molecule has 0 spiro atoms. The highest BCUT2D eigenvalue weighted by molar-refractivity contribution is 5.80.